The van der Waals surface area contributed by atoms with E-state index in [1.54, 1.807) is 0 Å². The summed E-state index contributed by atoms with van der Waals surface area (Å²) in [5.74, 6) is 0. The predicted molar refractivity (Wildman–Crippen MR) is 109 cm³/mol. The van der Waals surface area contributed by atoms with Crippen molar-refractivity contribution >= 4 is 37.3 Å². The molecule has 0 radical (unpaired) electrons. The normalized spacial score (nSPS) is 11.7. The molecule has 4 aromatic rings. The molecule has 0 aliphatic carbocycles. The quantitative estimate of drug-likeness (QED) is 0.482. The highest BCUT2D eigenvalue weighted by atomic mass is 32.2. The van der Waals surface area contributed by atoms with Crippen molar-refractivity contribution in [2.45, 2.75) is 6.54 Å². The van der Waals surface area contributed by atoms with E-state index in [-0.39, 0.29) is 0 Å². The SMILES string of the molecule is CS(=O)(=O)N(Cc1ccccc1)c1cc2ccccc2c2ccccc12. The third-order valence-corrected chi connectivity index (χ3v) is 5.71. The average Bonchev–Trinajstić information content (AvgIpc) is 2.65. The smallest absolute Gasteiger partial charge is 0.232 e. The van der Waals surface area contributed by atoms with Gasteiger partial charge in [-0.05, 0) is 27.8 Å². The summed E-state index contributed by atoms with van der Waals surface area (Å²) in [4.78, 5) is 0. The Morgan fingerprint density at radius 1 is 0.731 bits per heavy atom. The summed E-state index contributed by atoms with van der Waals surface area (Å²) < 4.78 is 26.8. The molecular weight excluding hydrogens is 342 g/mol. The Balaban J connectivity index is 1.99. The summed E-state index contributed by atoms with van der Waals surface area (Å²) in [5.41, 5.74) is 1.67. The third-order valence-electron chi connectivity index (χ3n) is 4.58. The number of benzene rings is 4. The van der Waals surface area contributed by atoms with Crippen LogP contribution in [-0.4, -0.2) is 14.7 Å². The zero-order valence-corrected chi connectivity index (χ0v) is 15.3. The molecule has 0 aromatic heterocycles. The minimum Gasteiger partial charge on any atom is -0.265 e. The first-order chi connectivity index (χ1) is 12.5. The van der Waals surface area contributed by atoms with Crippen LogP contribution in [-0.2, 0) is 16.6 Å². The van der Waals surface area contributed by atoms with Gasteiger partial charge in [0.1, 0.15) is 0 Å². The van der Waals surface area contributed by atoms with Gasteiger partial charge in [0.2, 0.25) is 10.0 Å². The lowest BCUT2D eigenvalue weighted by Gasteiger charge is -2.25. The summed E-state index contributed by atoms with van der Waals surface area (Å²) in [6.45, 7) is 0.308. The van der Waals surface area contributed by atoms with Gasteiger partial charge in [0, 0.05) is 5.39 Å². The molecule has 0 unspecified atom stereocenters. The van der Waals surface area contributed by atoms with Gasteiger partial charge in [-0.2, -0.15) is 0 Å². The number of nitrogens with zero attached hydrogens (tertiary/aromatic N) is 1. The van der Waals surface area contributed by atoms with Crippen molar-refractivity contribution in [2.75, 3.05) is 10.6 Å². The lowest BCUT2D eigenvalue weighted by Crippen LogP contribution is -2.29. The maximum Gasteiger partial charge on any atom is 0.232 e. The first-order valence-electron chi connectivity index (χ1n) is 8.46. The molecule has 26 heavy (non-hydrogen) atoms. The lowest BCUT2D eigenvalue weighted by atomic mass is 10.00. The van der Waals surface area contributed by atoms with Crippen molar-refractivity contribution in [1.29, 1.82) is 0 Å². The molecule has 4 heteroatoms. The maximum atomic E-state index is 12.6. The fourth-order valence-corrected chi connectivity index (χ4v) is 4.26. The van der Waals surface area contributed by atoms with E-state index < -0.39 is 10.0 Å². The van der Waals surface area contributed by atoms with Gasteiger partial charge in [0.05, 0.1) is 18.5 Å². The van der Waals surface area contributed by atoms with Crippen LogP contribution in [0, 0.1) is 0 Å². The Hall–Kier alpha value is -2.85. The Morgan fingerprint density at radius 2 is 1.31 bits per heavy atom. The first-order valence-corrected chi connectivity index (χ1v) is 10.3. The van der Waals surface area contributed by atoms with Gasteiger partial charge in [-0.25, -0.2) is 8.42 Å². The summed E-state index contributed by atoms with van der Waals surface area (Å²) >= 11 is 0. The molecule has 0 heterocycles. The molecule has 0 bridgehead atoms. The van der Waals surface area contributed by atoms with Crippen LogP contribution in [0.25, 0.3) is 21.5 Å². The second kappa shape index (κ2) is 6.46. The molecule has 0 spiro atoms. The molecule has 4 aromatic carbocycles. The molecule has 0 atom stereocenters. The zero-order valence-electron chi connectivity index (χ0n) is 14.5. The molecule has 3 nitrogen and oxygen atoms in total. The van der Waals surface area contributed by atoms with Crippen LogP contribution in [0.15, 0.2) is 84.9 Å². The number of hydrogen-bond donors (Lipinski definition) is 0. The van der Waals surface area contributed by atoms with E-state index in [1.807, 2.05) is 78.9 Å². The van der Waals surface area contributed by atoms with Crippen molar-refractivity contribution in [3.63, 3.8) is 0 Å². The number of hydrogen-bond acceptors (Lipinski definition) is 2. The molecule has 130 valence electrons. The molecule has 0 aliphatic heterocycles. The van der Waals surface area contributed by atoms with Crippen LogP contribution in [0.5, 0.6) is 0 Å². The van der Waals surface area contributed by atoms with Gasteiger partial charge in [-0.3, -0.25) is 4.31 Å². The largest absolute Gasteiger partial charge is 0.265 e. The molecule has 0 saturated heterocycles. The number of anilines is 1. The fourth-order valence-electron chi connectivity index (χ4n) is 3.37. The third kappa shape index (κ3) is 3.04. The van der Waals surface area contributed by atoms with Crippen LogP contribution in [0.1, 0.15) is 5.56 Å². The number of sulfonamides is 1. The van der Waals surface area contributed by atoms with Crippen LogP contribution in [0.4, 0.5) is 5.69 Å². The summed E-state index contributed by atoms with van der Waals surface area (Å²) in [6, 6.07) is 27.7. The van der Waals surface area contributed by atoms with Gasteiger partial charge >= 0.3 is 0 Å². The molecule has 0 amide bonds. The monoisotopic (exact) mass is 361 g/mol. The van der Waals surface area contributed by atoms with E-state index in [9.17, 15) is 8.42 Å². The summed E-state index contributed by atoms with van der Waals surface area (Å²) in [6.07, 6.45) is 1.26. The molecular formula is C22H19NO2S. The second-order valence-corrected chi connectivity index (χ2v) is 8.32. The van der Waals surface area contributed by atoms with Crippen molar-refractivity contribution in [1.82, 2.24) is 0 Å². The zero-order chi connectivity index (χ0) is 18.1. The highest BCUT2D eigenvalue weighted by molar-refractivity contribution is 7.92. The predicted octanol–water partition coefficient (Wildman–Crippen LogP) is 4.96. The maximum absolute atomic E-state index is 12.6. The molecule has 0 N–H and O–H groups in total. The van der Waals surface area contributed by atoms with E-state index in [0.717, 1.165) is 27.1 Å². The highest BCUT2D eigenvalue weighted by Crippen LogP contribution is 2.35. The van der Waals surface area contributed by atoms with Crippen LogP contribution < -0.4 is 4.31 Å². The Bertz CT molecular complexity index is 1180. The van der Waals surface area contributed by atoms with Crippen molar-refractivity contribution < 1.29 is 8.42 Å². The first kappa shape index (κ1) is 16.6. The summed E-state index contributed by atoms with van der Waals surface area (Å²) in [5, 5.41) is 4.15. The number of rotatable bonds is 4. The van der Waals surface area contributed by atoms with Gasteiger partial charge in [0.25, 0.3) is 0 Å². The Kier molecular flexibility index (Phi) is 4.13. The second-order valence-electron chi connectivity index (χ2n) is 6.42. The van der Waals surface area contributed by atoms with Crippen molar-refractivity contribution in [2.24, 2.45) is 0 Å². The standard InChI is InChI=1S/C22H19NO2S/c1-26(24,25)23(16-17-9-3-2-4-10-17)22-15-18-11-5-6-12-19(18)20-13-7-8-14-21(20)22/h2-15H,16H2,1H3. The van der Waals surface area contributed by atoms with Gasteiger partial charge < -0.3 is 0 Å². The van der Waals surface area contributed by atoms with Crippen LogP contribution >= 0.6 is 0 Å². The Morgan fingerprint density at radius 3 is 2.00 bits per heavy atom. The van der Waals surface area contributed by atoms with Crippen LogP contribution in [0.3, 0.4) is 0 Å². The molecule has 0 saturated carbocycles. The Labute approximate surface area is 153 Å². The van der Waals surface area contributed by atoms with Gasteiger partial charge in [0.15, 0.2) is 0 Å². The molecule has 0 aliphatic rings. The average molecular weight is 361 g/mol. The van der Waals surface area contributed by atoms with Crippen LogP contribution in [0.2, 0.25) is 0 Å². The molecule has 0 fully saturated rings. The number of fused-ring (bicyclic) bond motifs is 3. The van der Waals surface area contributed by atoms with Gasteiger partial charge in [-0.15, -0.1) is 0 Å². The van der Waals surface area contributed by atoms with E-state index in [4.69, 9.17) is 0 Å². The fraction of sp³-hybridized carbons (Fsp3) is 0.0909. The summed E-state index contributed by atoms with van der Waals surface area (Å²) in [7, 11) is -3.44. The van der Waals surface area contributed by atoms with E-state index in [0.29, 0.717) is 12.2 Å². The lowest BCUT2D eigenvalue weighted by molar-refractivity contribution is 0.596. The minimum atomic E-state index is -3.44. The van der Waals surface area contributed by atoms with Gasteiger partial charge in [-0.1, -0.05) is 78.9 Å². The topological polar surface area (TPSA) is 37.4 Å². The van der Waals surface area contributed by atoms with E-state index in [1.165, 1.54) is 10.6 Å². The van der Waals surface area contributed by atoms with Crippen molar-refractivity contribution in [3.8, 4) is 0 Å². The van der Waals surface area contributed by atoms with E-state index in [2.05, 4.69) is 6.07 Å². The highest BCUT2D eigenvalue weighted by Gasteiger charge is 2.21. The van der Waals surface area contributed by atoms with Crippen molar-refractivity contribution in [3.05, 3.63) is 90.5 Å². The molecule has 4 rings (SSSR count). The minimum absolute atomic E-state index is 0.308. The van der Waals surface area contributed by atoms with E-state index >= 15 is 0 Å².